The molecule has 1 aromatic rings. The second kappa shape index (κ2) is 5.06. The van der Waals surface area contributed by atoms with E-state index >= 15 is 0 Å². The van der Waals surface area contributed by atoms with Gasteiger partial charge in [0.25, 0.3) is 5.76 Å². The number of ether oxygens (including phenoxy) is 1. The van der Waals surface area contributed by atoms with E-state index in [1.165, 1.54) is 0 Å². The quantitative estimate of drug-likeness (QED) is 0.706. The first-order valence-corrected chi connectivity index (χ1v) is 5.04. The molecule has 0 aromatic heterocycles. The van der Waals surface area contributed by atoms with Crippen LogP contribution in [0.2, 0.25) is 0 Å². The van der Waals surface area contributed by atoms with Crippen LogP contribution >= 0.6 is 0 Å². The lowest BCUT2D eigenvalue weighted by atomic mass is 10.2. The molecule has 2 rings (SSSR count). The van der Waals surface area contributed by atoms with Crippen molar-refractivity contribution in [2.45, 2.75) is 6.61 Å². The van der Waals surface area contributed by atoms with E-state index in [1.807, 2.05) is 30.3 Å². The van der Waals surface area contributed by atoms with Crippen molar-refractivity contribution in [3.63, 3.8) is 0 Å². The zero-order valence-corrected chi connectivity index (χ0v) is 8.72. The third-order valence-corrected chi connectivity index (χ3v) is 2.13. The van der Waals surface area contributed by atoms with Gasteiger partial charge in [0.15, 0.2) is 5.76 Å². The van der Waals surface area contributed by atoms with Gasteiger partial charge < -0.3 is 4.74 Å². The fraction of sp³-hybridized carbons (Fsp3) is 0.0714. The number of benzene rings is 1. The Bertz CT molecular complexity index is 475. The number of hydrogen-bond donors (Lipinski definition) is 0. The molecule has 0 spiro atoms. The summed E-state index contributed by atoms with van der Waals surface area (Å²) in [6.45, 7) is 0.397. The van der Waals surface area contributed by atoms with Crippen molar-refractivity contribution in [2.24, 2.45) is 0 Å². The minimum absolute atomic E-state index is 0.221. The lowest BCUT2D eigenvalue weighted by molar-refractivity contribution is 0.164. The van der Waals surface area contributed by atoms with E-state index in [1.54, 1.807) is 24.3 Å². The maximum absolute atomic E-state index is 11.5. The normalized spacial score (nSPS) is 14.0. The molecule has 0 aliphatic heterocycles. The largest absolute Gasteiger partial charge is 0.484 e. The SMILES string of the molecule is [O]C1=C=CC=CC=C1OCc1ccccc1. The average molecular weight is 211 g/mol. The van der Waals surface area contributed by atoms with Gasteiger partial charge in [-0.2, -0.15) is 0 Å². The molecule has 0 unspecified atom stereocenters. The molecule has 79 valence electrons. The minimum Gasteiger partial charge on any atom is -0.484 e. The van der Waals surface area contributed by atoms with Crippen LogP contribution in [0, 0.1) is 0 Å². The van der Waals surface area contributed by atoms with Crippen LogP contribution < -0.4 is 0 Å². The Kier molecular flexibility index (Phi) is 3.27. The highest BCUT2D eigenvalue weighted by molar-refractivity contribution is 5.29. The topological polar surface area (TPSA) is 29.1 Å². The molecule has 0 saturated heterocycles. The van der Waals surface area contributed by atoms with Crippen molar-refractivity contribution >= 4 is 0 Å². The molecule has 1 aliphatic rings. The minimum atomic E-state index is -0.221. The molecule has 0 fully saturated rings. The summed E-state index contributed by atoms with van der Waals surface area (Å²) < 4.78 is 5.44. The van der Waals surface area contributed by atoms with Gasteiger partial charge in [-0.3, -0.25) is 5.11 Å². The van der Waals surface area contributed by atoms with Gasteiger partial charge in [-0.05, 0) is 17.7 Å². The molecule has 0 N–H and O–H groups in total. The Morgan fingerprint density at radius 2 is 1.94 bits per heavy atom. The van der Waals surface area contributed by atoms with Crippen molar-refractivity contribution in [1.82, 2.24) is 0 Å². The van der Waals surface area contributed by atoms with E-state index in [9.17, 15) is 5.11 Å². The van der Waals surface area contributed by atoms with Crippen LogP contribution in [0.25, 0.3) is 0 Å². The Balaban J connectivity index is 2.04. The molecule has 2 heteroatoms. The first kappa shape index (κ1) is 10.3. The van der Waals surface area contributed by atoms with E-state index < -0.39 is 0 Å². The zero-order chi connectivity index (χ0) is 11.2. The van der Waals surface area contributed by atoms with Crippen LogP contribution in [0.3, 0.4) is 0 Å². The molecule has 0 amide bonds. The van der Waals surface area contributed by atoms with Crippen molar-refractivity contribution in [1.29, 1.82) is 0 Å². The van der Waals surface area contributed by atoms with E-state index in [-0.39, 0.29) is 5.76 Å². The maximum atomic E-state index is 11.5. The maximum Gasteiger partial charge on any atom is 0.262 e. The smallest absolute Gasteiger partial charge is 0.262 e. The van der Waals surface area contributed by atoms with Crippen LogP contribution in [0.5, 0.6) is 0 Å². The molecule has 0 heterocycles. The van der Waals surface area contributed by atoms with Crippen molar-refractivity contribution in [3.05, 3.63) is 77.4 Å². The molecule has 0 saturated carbocycles. The third-order valence-electron chi connectivity index (χ3n) is 2.13. The number of hydrogen-bond acceptors (Lipinski definition) is 1. The fourth-order valence-electron chi connectivity index (χ4n) is 1.32. The molecular formula is C14H11O2. The molecule has 0 atom stereocenters. The Morgan fingerprint density at radius 3 is 2.75 bits per heavy atom. The molecule has 2 nitrogen and oxygen atoms in total. The van der Waals surface area contributed by atoms with E-state index in [4.69, 9.17) is 4.74 Å². The summed E-state index contributed by atoms with van der Waals surface area (Å²) in [7, 11) is 0. The van der Waals surface area contributed by atoms with Crippen LogP contribution in [0.1, 0.15) is 5.56 Å². The van der Waals surface area contributed by atoms with E-state index in [0.29, 0.717) is 12.4 Å². The molecule has 1 radical (unpaired) electrons. The highest BCUT2D eigenvalue weighted by Gasteiger charge is 2.06. The Morgan fingerprint density at radius 1 is 1.12 bits per heavy atom. The zero-order valence-electron chi connectivity index (χ0n) is 8.72. The van der Waals surface area contributed by atoms with Crippen LogP contribution in [-0.2, 0) is 16.5 Å². The van der Waals surface area contributed by atoms with Gasteiger partial charge in [-0.1, -0.05) is 48.2 Å². The van der Waals surface area contributed by atoms with Gasteiger partial charge in [0, 0.05) is 0 Å². The highest BCUT2D eigenvalue weighted by Crippen LogP contribution is 2.13. The van der Waals surface area contributed by atoms with E-state index in [2.05, 4.69) is 5.73 Å². The number of allylic oxidation sites excluding steroid dienone is 3. The second-order valence-corrected chi connectivity index (χ2v) is 3.33. The molecular weight excluding hydrogens is 200 g/mol. The van der Waals surface area contributed by atoms with Gasteiger partial charge in [0.05, 0.1) is 0 Å². The van der Waals surface area contributed by atoms with Gasteiger partial charge in [0.2, 0.25) is 0 Å². The van der Waals surface area contributed by atoms with Crippen LogP contribution in [0.15, 0.2) is 71.9 Å². The first-order chi connectivity index (χ1) is 7.86. The van der Waals surface area contributed by atoms with Crippen molar-refractivity contribution in [2.75, 3.05) is 0 Å². The lowest BCUT2D eigenvalue weighted by Gasteiger charge is -2.06. The summed E-state index contributed by atoms with van der Waals surface area (Å²) in [5.41, 5.74) is 3.62. The van der Waals surface area contributed by atoms with Crippen LogP contribution in [0.4, 0.5) is 0 Å². The molecule has 1 aliphatic carbocycles. The second-order valence-electron chi connectivity index (χ2n) is 3.33. The summed E-state index contributed by atoms with van der Waals surface area (Å²) in [4.78, 5) is 0. The summed E-state index contributed by atoms with van der Waals surface area (Å²) in [6.07, 6.45) is 6.74. The monoisotopic (exact) mass is 211 g/mol. The highest BCUT2D eigenvalue weighted by atomic mass is 16.5. The molecule has 16 heavy (non-hydrogen) atoms. The summed E-state index contributed by atoms with van der Waals surface area (Å²) in [5, 5.41) is 11.5. The third kappa shape index (κ3) is 2.66. The first-order valence-electron chi connectivity index (χ1n) is 5.04. The van der Waals surface area contributed by atoms with Gasteiger partial charge in [-0.25, -0.2) is 0 Å². The summed E-state index contributed by atoms with van der Waals surface area (Å²) in [5.74, 6) is 0.106. The van der Waals surface area contributed by atoms with Gasteiger partial charge in [0.1, 0.15) is 6.61 Å². The summed E-state index contributed by atoms with van der Waals surface area (Å²) >= 11 is 0. The van der Waals surface area contributed by atoms with Crippen molar-refractivity contribution in [3.8, 4) is 0 Å². The van der Waals surface area contributed by atoms with E-state index in [0.717, 1.165) is 5.56 Å². The summed E-state index contributed by atoms with van der Waals surface area (Å²) in [6, 6.07) is 9.73. The molecule has 1 aromatic carbocycles. The Labute approximate surface area is 94.5 Å². The predicted octanol–water partition coefficient (Wildman–Crippen LogP) is 3.13. The fourth-order valence-corrected chi connectivity index (χ4v) is 1.32. The van der Waals surface area contributed by atoms with Gasteiger partial charge in [-0.15, -0.1) is 0 Å². The lowest BCUT2D eigenvalue weighted by Crippen LogP contribution is -1.95. The standard InChI is InChI=1S/C14H11O2/c15-13-9-5-2-6-10-14(13)16-11-12-7-3-1-4-8-12/h1-8,10H,11H2. The van der Waals surface area contributed by atoms with Crippen LogP contribution in [-0.4, -0.2) is 0 Å². The van der Waals surface area contributed by atoms with Crippen molar-refractivity contribution < 1.29 is 9.84 Å². The number of rotatable bonds is 3. The average Bonchev–Trinajstić information content (AvgIpc) is 2.53. The Hall–Kier alpha value is -2.18. The molecule has 0 bridgehead atoms. The predicted molar refractivity (Wildman–Crippen MR) is 60.7 cm³/mol. The van der Waals surface area contributed by atoms with Gasteiger partial charge >= 0.3 is 0 Å².